The van der Waals surface area contributed by atoms with Crippen LogP contribution in [0.2, 0.25) is 0 Å². The van der Waals surface area contributed by atoms with E-state index in [0.29, 0.717) is 12.6 Å². The summed E-state index contributed by atoms with van der Waals surface area (Å²) < 4.78 is 0. The van der Waals surface area contributed by atoms with E-state index in [-0.39, 0.29) is 6.10 Å². The monoisotopic (exact) mass is 197 g/mol. The molecule has 0 bridgehead atoms. The molecule has 72 valence electrons. The molecule has 0 spiro atoms. The molecule has 1 saturated carbocycles. The molecular weight excluding hydrogens is 182 g/mol. The summed E-state index contributed by atoms with van der Waals surface area (Å²) in [7, 11) is 0. The van der Waals surface area contributed by atoms with Crippen LogP contribution in [0.4, 0.5) is 0 Å². The molecule has 1 unspecified atom stereocenters. The Bertz CT molecular complexity index is 243. The van der Waals surface area contributed by atoms with Crippen LogP contribution in [0.3, 0.4) is 0 Å². The van der Waals surface area contributed by atoms with Crippen LogP contribution in [0.5, 0.6) is 0 Å². The topological polar surface area (TPSA) is 32.3 Å². The van der Waals surface area contributed by atoms with Crippen LogP contribution in [0, 0.1) is 0 Å². The van der Waals surface area contributed by atoms with Gasteiger partial charge in [-0.3, -0.25) is 0 Å². The fourth-order valence-electron chi connectivity index (χ4n) is 1.47. The standard InChI is InChI=1S/C10H15NOS/c12-9(10-5-2-6-13-10)7-11-8-3-1-4-8/h2,5-6,8-9,11-12H,1,3-4,7H2. The first kappa shape index (κ1) is 9.19. The molecule has 0 radical (unpaired) electrons. The zero-order valence-corrected chi connectivity index (χ0v) is 8.39. The van der Waals surface area contributed by atoms with E-state index >= 15 is 0 Å². The summed E-state index contributed by atoms with van der Waals surface area (Å²) in [5.74, 6) is 0. The highest BCUT2D eigenvalue weighted by molar-refractivity contribution is 7.10. The number of nitrogens with one attached hydrogen (secondary N) is 1. The molecule has 1 aromatic rings. The van der Waals surface area contributed by atoms with Gasteiger partial charge in [0.25, 0.3) is 0 Å². The zero-order chi connectivity index (χ0) is 9.10. The van der Waals surface area contributed by atoms with Gasteiger partial charge in [0.1, 0.15) is 6.10 Å². The predicted molar refractivity (Wildman–Crippen MR) is 54.9 cm³/mol. The van der Waals surface area contributed by atoms with Gasteiger partial charge in [-0.25, -0.2) is 0 Å². The van der Waals surface area contributed by atoms with E-state index in [1.807, 2.05) is 17.5 Å². The predicted octanol–water partition coefficient (Wildman–Crippen LogP) is 1.92. The molecule has 0 aliphatic heterocycles. The van der Waals surface area contributed by atoms with Gasteiger partial charge in [-0.15, -0.1) is 11.3 Å². The number of hydrogen-bond donors (Lipinski definition) is 2. The van der Waals surface area contributed by atoms with Crippen molar-refractivity contribution in [2.45, 2.75) is 31.4 Å². The molecule has 1 atom stereocenters. The van der Waals surface area contributed by atoms with E-state index in [2.05, 4.69) is 5.32 Å². The summed E-state index contributed by atoms with van der Waals surface area (Å²) in [5.41, 5.74) is 0. The third kappa shape index (κ3) is 2.30. The van der Waals surface area contributed by atoms with E-state index in [1.165, 1.54) is 19.3 Å². The molecule has 2 nitrogen and oxygen atoms in total. The van der Waals surface area contributed by atoms with Crippen molar-refractivity contribution in [3.05, 3.63) is 22.4 Å². The minimum absolute atomic E-state index is 0.319. The average Bonchev–Trinajstić information content (AvgIpc) is 2.52. The molecule has 3 heteroatoms. The summed E-state index contributed by atoms with van der Waals surface area (Å²) in [4.78, 5) is 1.06. The lowest BCUT2D eigenvalue weighted by atomic mass is 9.93. The van der Waals surface area contributed by atoms with Gasteiger partial charge in [-0.2, -0.15) is 0 Å². The van der Waals surface area contributed by atoms with E-state index < -0.39 is 0 Å². The summed E-state index contributed by atoms with van der Waals surface area (Å²) in [6, 6.07) is 4.62. The van der Waals surface area contributed by atoms with E-state index in [9.17, 15) is 5.11 Å². The minimum atomic E-state index is -0.319. The molecule has 1 aliphatic rings. The van der Waals surface area contributed by atoms with Gasteiger partial charge in [-0.1, -0.05) is 12.5 Å². The lowest BCUT2D eigenvalue weighted by molar-refractivity contribution is 0.164. The Morgan fingerprint density at radius 2 is 2.46 bits per heavy atom. The Morgan fingerprint density at radius 3 is 3.00 bits per heavy atom. The highest BCUT2D eigenvalue weighted by Gasteiger charge is 2.18. The van der Waals surface area contributed by atoms with Gasteiger partial charge in [0, 0.05) is 17.5 Å². The van der Waals surface area contributed by atoms with Crippen molar-refractivity contribution in [1.29, 1.82) is 0 Å². The maximum atomic E-state index is 9.73. The van der Waals surface area contributed by atoms with Crippen LogP contribution in [-0.2, 0) is 0 Å². The molecule has 0 amide bonds. The van der Waals surface area contributed by atoms with Crippen LogP contribution >= 0.6 is 11.3 Å². The van der Waals surface area contributed by atoms with Crippen LogP contribution in [0.15, 0.2) is 17.5 Å². The third-order valence-electron chi connectivity index (χ3n) is 2.58. The van der Waals surface area contributed by atoms with Crippen molar-refractivity contribution in [3.63, 3.8) is 0 Å². The number of hydrogen-bond acceptors (Lipinski definition) is 3. The Hall–Kier alpha value is -0.380. The number of aliphatic hydroxyl groups is 1. The first-order valence-electron chi connectivity index (χ1n) is 4.81. The van der Waals surface area contributed by atoms with Crippen molar-refractivity contribution in [2.24, 2.45) is 0 Å². The third-order valence-corrected chi connectivity index (χ3v) is 3.55. The maximum absolute atomic E-state index is 9.73. The summed E-state index contributed by atoms with van der Waals surface area (Å²) in [6.45, 7) is 0.700. The highest BCUT2D eigenvalue weighted by atomic mass is 32.1. The average molecular weight is 197 g/mol. The van der Waals surface area contributed by atoms with Gasteiger partial charge in [0.2, 0.25) is 0 Å². The van der Waals surface area contributed by atoms with E-state index in [1.54, 1.807) is 11.3 Å². The Balaban J connectivity index is 1.74. The van der Waals surface area contributed by atoms with Gasteiger partial charge in [-0.05, 0) is 24.3 Å². The van der Waals surface area contributed by atoms with Crippen LogP contribution in [-0.4, -0.2) is 17.7 Å². The molecule has 2 rings (SSSR count). The molecular formula is C10H15NOS. The smallest absolute Gasteiger partial charge is 0.101 e. The Labute approximate surface area is 82.6 Å². The van der Waals surface area contributed by atoms with Crippen LogP contribution in [0.25, 0.3) is 0 Å². The lowest BCUT2D eigenvalue weighted by Gasteiger charge is -2.27. The van der Waals surface area contributed by atoms with Gasteiger partial charge in [0.05, 0.1) is 0 Å². The Kier molecular flexibility index (Phi) is 2.98. The van der Waals surface area contributed by atoms with Crippen molar-refractivity contribution in [1.82, 2.24) is 5.32 Å². The second-order valence-electron chi connectivity index (χ2n) is 3.57. The fourth-order valence-corrected chi connectivity index (χ4v) is 2.18. The number of rotatable bonds is 4. The summed E-state index contributed by atoms with van der Waals surface area (Å²) in [5, 5.41) is 15.1. The normalized spacial score (nSPS) is 19.8. The second kappa shape index (κ2) is 4.22. The number of aliphatic hydroxyl groups excluding tert-OH is 1. The second-order valence-corrected chi connectivity index (χ2v) is 4.55. The molecule has 1 aliphatic carbocycles. The van der Waals surface area contributed by atoms with Crippen LogP contribution < -0.4 is 5.32 Å². The minimum Gasteiger partial charge on any atom is -0.386 e. The molecule has 0 saturated heterocycles. The van der Waals surface area contributed by atoms with Gasteiger partial charge in [0.15, 0.2) is 0 Å². The first-order valence-corrected chi connectivity index (χ1v) is 5.69. The summed E-state index contributed by atoms with van der Waals surface area (Å²) >= 11 is 1.62. The van der Waals surface area contributed by atoms with E-state index in [0.717, 1.165) is 4.88 Å². The SMILES string of the molecule is OC(CNC1CCC1)c1cccs1. The fraction of sp³-hybridized carbons (Fsp3) is 0.600. The quantitative estimate of drug-likeness (QED) is 0.773. The van der Waals surface area contributed by atoms with Crippen molar-refractivity contribution < 1.29 is 5.11 Å². The van der Waals surface area contributed by atoms with E-state index in [4.69, 9.17) is 0 Å². The van der Waals surface area contributed by atoms with Crippen molar-refractivity contribution in [3.8, 4) is 0 Å². The lowest BCUT2D eigenvalue weighted by Crippen LogP contribution is -2.37. The largest absolute Gasteiger partial charge is 0.386 e. The molecule has 0 aromatic carbocycles. The highest BCUT2D eigenvalue weighted by Crippen LogP contribution is 2.21. The molecule has 1 heterocycles. The Morgan fingerprint density at radius 1 is 1.62 bits per heavy atom. The molecule has 1 fully saturated rings. The van der Waals surface area contributed by atoms with Crippen LogP contribution in [0.1, 0.15) is 30.2 Å². The van der Waals surface area contributed by atoms with Crippen molar-refractivity contribution in [2.75, 3.05) is 6.54 Å². The zero-order valence-electron chi connectivity index (χ0n) is 7.57. The van der Waals surface area contributed by atoms with Gasteiger partial charge < -0.3 is 10.4 Å². The number of thiophene rings is 1. The summed E-state index contributed by atoms with van der Waals surface area (Å²) in [6.07, 6.45) is 3.57. The molecule has 2 N–H and O–H groups in total. The molecule has 1 aromatic heterocycles. The molecule has 13 heavy (non-hydrogen) atoms. The maximum Gasteiger partial charge on any atom is 0.101 e. The van der Waals surface area contributed by atoms with Crippen molar-refractivity contribution >= 4 is 11.3 Å². The first-order chi connectivity index (χ1) is 6.36. The van der Waals surface area contributed by atoms with Gasteiger partial charge >= 0.3 is 0 Å².